The normalized spacial score (nSPS) is 12.6. The van der Waals surface area contributed by atoms with Crippen LogP contribution < -0.4 is 10.0 Å². The predicted octanol–water partition coefficient (Wildman–Crippen LogP) is 2.23. The summed E-state index contributed by atoms with van der Waals surface area (Å²) in [5.41, 5.74) is 0.182. The average Bonchev–Trinajstić information content (AvgIpc) is 2.55. The Bertz CT molecular complexity index is 822. The molecular formula is C16H17FN2O4S. The molecule has 128 valence electrons. The molecule has 0 aliphatic carbocycles. The molecule has 1 atom stereocenters. The minimum atomic E-state index is -3.98. The Labute approximate surface area is 139 Å². The summed E-state index contributed by atoms with van der Waals surface area (Å²) >= 11 is 0. The summed E-state index contributed by atoms with van der Waals surface area (Å²) < 4.78 is 39.7. The van der Waals surface area contributed by atoms with Gasteiger partial charge in [-0.05, 0) is 42.8 Å². The molecule has 0 bridgehead atoms. The van der Waals surface area contributed by atoms with Crippen LogP contribution in [0.25, 0.3) is 0 Å². The second kappa shape index (κ2) is 7.41. The second-order valence-corrected chi connectivity index (χ2v) is 6.76. The number of nitrogens with one attached hydrogen (secondary N) is 2. The van der Waals surface area contributed by atoms with Gasteiger partial charge in [0.15, 0.2) is 0 Å². The van der Waals surface area contributed by atoms with Crippen LogP contribution in [-0.2, 0) is 14.8 Å². The Hall–Kier alpha value is -2.45. The largest absolute Gasteiger partial charge is 0.506 e. The number of halogens is 1. The summed E-state index contributed by atoms with van der Waals surface area (Å²) in [6, 6.07) is 9.36. The Morgan fingerprint density at radius 2 is 1.79 bits per heavy atom. The van der Waals surface area contributed by atoms with Gasteiger partial charge < -0.3 is 10.4 Å². The van der Waals surface area contributed by atoms with E-state index in [0.29, 0.717) is 0 Å². The van der Waals surface area contributed by atoms with Crippen LogP contribution in [0.5, 0.6) is 5.75 Å². The number of hydrogen-bond donors (Lipinski definition) is 3. The monoisotopic (exact) mass is 352 g/mol. The molecule has 1 unspecified atom stereocenters. The molecule has 0 heterocycles. The van der Waals surface area contributed by atoms with E-state index in [1.165, 1.54) is 12.1 Å². The fourth-order valence-electron chi connectivity index (χ4n) is 1.99. The molecule has 2 aromatic rings. The van der Waals surface area contributed by atoms with E-state index in [9.17, 15) is 22.7 Å². The highest BCUT2D eigenvalue weighted by Gasteiger charge is 2.24. The number of carbonyl (C=O) groups is 1. The summed E-state index contributed by atoms with van der Waals surface area (Å²) in [7, 11) is -3.98. The summed E-state index contributed by atoms with van der Waals surface area (Å²) in [5.74, 6) is -1.29. The Kier molecular flexibility index (Phi) is 5.53. The fourth-order valence-corrected chi connectivity index (χ4v) is 3.27. The van der Waals surface area contributed by atoms with E-state index in [4.69, 9.17) is 0 Å². The van der Waals surface area contributed by atoms with Gasteiger partial charge in [0.05, 0.1) is 10.6 Å². The van der Waals surface area contributed by atoms with E-state index in [1.54, 1.807) is 19.1 Å². The number of benzene rings is 2. The highest BCUT2D eigenvalue weighted by atomic mass is 32.2. The van der Waals surface area contributed by atoms with E-state index in [-0.39, 0.29) is 22.8 Å². The summed E-state index contributed by atoms with van der Waals surface area (Å²) in [5, 5.41) is 12.1. The van der Waals surface area contributed by atoms with E-state index >= 15 is 0 Å². The zero-order valence-corrected chi connectivity index (χ0v) is 13.7. The number of anilines is 1. The lowest BCUT2D eigenvalue weighted by molar-refractivity contribution is -0.117. The number of para-hydroxylation sites is 2. The molecule has 0 fully saturated rings. The molecule has 0 saturated carbocycles. The van der Waals surface area contributed by atoms with E-state index < -0.39 is 27.8 Å². The van der Waals surface area contributed by atoms with Crippen molar-refractivity contribution in [1.29, 1.82) is 0 Å². The maximum atomic E-state index is 12.9. The van der Waals surface area contributed by atoms with Crippen molar-refractivity contribution < 1.29 is 22.7 Å². The predicted molar refractivity (Wildman–Crippen MR) is 87.5 cm³/mol. The third kappa shape index (κ3) is 4.30. The van der Waals surface area contributed by atoms with Gasteiger partial charge in [-0.2, -0.15) is 4.72 Å². The van der Waals surface area contributed by atoms with Crippen molar-refractivity contribution >= 4 is 21.6 Å². The number of amides is 1. The highest BCUT2D eigenvalue weighted by Crippen LogP contribution is 2.22. The lowest BCUT2D eigenvalue weighted by Gasteiger charge is -2.17. The summed E-state index contributed by atoms with van der Waals surface area (Å²) in [6.45, 7) is 1.64. The molecule has 3 N–H and O–H groups in total. The SMILES string of the molecule is CCC(NS(=O)(=O)c1ccc(F)cc1)C(=O)Nc1ccccc1O. The van der Waals surface area contributed by atoms with Crippen LogP contribution in [0.2, 0.25) is 0 Å². The average molecular weight is 352 g/mol. The number of sulfonamides is 1. The van der Waals surface area contributed by atoms with Crippen LogP contribution in [0, 0.1) is 5.82 Å². The minimum Gasteiger partial charge on any atom is -0.506 e. The third-order valence-electron chi connectivity index (χ3n) is 3.31. The molecule has 0 spiro atoms. The van der Waals surface area contributed by atoms with Crippen LogP contribution in [0.1, 0.15) is 13.3 Å². The van der Waals surface area contributed by atoms with Gasteiger partial charge in [0.1, 0.15) is 17.6 Å². The summed E-state index contributed by atoms with van der Waals surface area (Å²) in [4.78, 5) is 12.1. The van der Waals surface area contributed by atoms with Crippen molar-refractivity contribution in [3.63, 3.8) is 0 Å². The van der Waals surface area contributed by atoms with E-state index in [2.05, 4.69) is 10.0 Å². The molecule has 0 aliphatic heterocycles. The zero-order valence-electron chi connectivity index (χ0n) is 12.9. The first kappa shape index (κ1) is 17.9. The van der Waals surface area contributed by atoms with Crippen molar-refractivity contribution in [2.24, 2.45) is 0 Å². The standard InChI is InChI=1S/C16H17FN2O4S/c1-2-13(16(21)18-14-5-3-4-6-15(14)20)19-24(22,23)12-9-7-11(17)8-10-12/h3-10,13,19-20H,2H2,1H3,(H,18,21). The fraction of sp³-hybridized carbons (Fsp3) is 0.188. The molecule has 0 aromatic heterocycles. The lowest BCUT2D eigenvalue weighted by atomic mass is 10.2. The summed E-state index contributed by atoms with van der Waals surface area (Å²) in [6.07, 6.45) is 0.194. The van der Waals surface area contributed by atoms with Gasteiger partial charge in [0.2, 0.25) is 15.9 Å². The maximum Gasteiger partial charge on any atom is 0.242 e. The first-order valence-electron chi connectivity index (χ1n) is 7.20. The van der Waals surface area contributed by atoms with Gasteiger partial charge in [-0.15, -0.1) is 0 Å². The molecule has 0 aliphatic rings. The molecule has 0 saturated heterocycles. The lowest BCUT2D eigenvalue weighted by Crippen LogP contribution is -2.43. The Balaban J connectivity index is 2.15. The molecule has 2 aromatic carbocycles. The van der Waals surface area contributed by atoms with Crippen molar-refractivity contribution in [2.75, 3.05) is 5.32 Å². The van der Waals surface area contributed by atoms with Crippen molar-refractivity contribution in [2.45, 2.75) is 24.3 Å². The minimum absolute atomic E-state index is 0.123. The van der Waals surface area contributed by atoms with Crippen LogP contribution >= 0.6 is 0 Å². The maximum absolute atomic E-state index is 12.9. The number of hydrogen-bond acceptors (Lipinski definition) is 4. The number of carbonyl (C=O) groups excluding carboxylic acids is 1. The first-order valence-corrected chi connectivity index (χ1v) is 8.68. The van der Waals surface area contributed by atoms with E-state index in [1.807, 2.05) is 0 Å². The molecule has 2 rings (SSSR count). The second-order valence-electron chi connectivity index (χ2n) is 5.04. The van der Waals surface area contributed by atoms with Crippen LogP contribution in [0.3, 0.4) is 0 Å². The van der Waals surface area contributed by atoms with Crippen molar-refractivity contribution in [3.8, 4) is 5.75 Å². The number of phenols is 1. The van der Waals surface area contributed by atoms with Crippen LogP contribution in [0.4, 0.5) is 10.1 Å². The van der Waals surface area contributed by atoms with E-state index in [0.717, 1.165) is 24.3 Å². The van der Waals surface area contributed by atoms with Gasteiger partial charge in [-0.1, -0.05) is 19.1 Å². The smallest absolute Gasteiger partial charge is 0.242 e. The highest BCUT2D eigenvalue weighted by molar-refractivity contribution is 7.89. The molecule has 6 nitrogen and oxygen atoms in total. The quantitative estimate of drug-likeness (QED) is 0.695. The van der Waals surface area contributed by atoms with Crippen LogP contribution in [-0.4, -0.2) is 25.5 Å². The Morgan fingerprint density at radius 1 is 1.17 bits per heavy atom. The molecule has 24 heavy (non-hydrogen) atoms. The zero-order chi connectivity index (χ0) is 17.7. The van der Waals surface area contributed by atoms with Gasteiger partial charge in [0, 0.05) is 0 Å². The van der Waals surface area contributed by atoms with Gasteiger partial charge in [-0.3, -0.25) is 4.79 Å². The van der Waals surface area contributed by atoms with Crippen molar-refractivity contribution in [1.82, 2.24) is 4.72 Å². The number of phenolic OH excluding ortho intramolecular Hbond substituents is 1. The van der Waals surface area contributed by atoms with Crippen LogP contribution in [0.15, 0.2) is 53.4 Å². The van der Waals surface area contributed by atoms with Gasteiger partial charge >= 0.3 is 0 Å². The number of rotatable bonds is 6. The topological polar surface area (TPSA) is 95.5 Å². The third-order valence-corrected chi connectivity index (χ3v) is 4.80. The van der Waals surface area contributed by atoms with Gasteiger partial charge in [0.25, 0.3) is 0 Å². The Morgan fingerprint density at radius 3 is 2.38 bits per heavy atom. The molecule has 1 amide bonds. The van der Waals surface area contributed by atoms with Crippen molar-refractivity contribution in [3.05, 3.63) is 54.3 Å². The first-order chi connectivity index (χ1) is 11.3. The molecule has 0 radical (unpaired) electrons. The molecule has 8 heteroatoms. The number of aromatic hydroxyl groups is 1. The van der Waals surface area contributed by atoms with Gasteiger partial charge in [-0.25, -0.2) is 12.8 Å². The molecular weight excluding hydrogens is 335 g/mol.